The zero-order valence-corrected chi connectivity index (χ0v) is 16.1. The molecule has 0 radical (unpaired) electrons. The minimum absolute atomic E-state index is 0.215. The van der Waals surface area contributed by atoms with E-state index in [1.165, 1.54) is 12.1 Å². The van der Waals surface area contributed by atoms with Gasteiger partial charge in [-0.2, -0.15) is 0 Å². The Morgan fingerprint density at radius 1 is 1.22 bits per heavy atom. The maximum Gasteiger partial charge on any atom is 0.336 e. The smallest absolute Gasteiger partial charge is 0.336 e. The molecule has 0 atom stereocenters. The second-order valence-corrected chi connectivity index (χ2v) is 7.01. The average molecular weight is 386 g/mol. The van der Waals surface area contributed by atoms with Crippen LogP contribution in [0.3, 0.4) is 0 Å². The number of aryl methyl sites for hydroxylation is 1. The molecule has 2 aromatic carbocycles. The molecule has 5 nitrogen and oxygen atoms in total. The van der Waals surface area contributed by atoms with Crippen LogP contribution in [0.5, 0.6) is 5.75 Å². The molecule has 0 aliphatic rings. The van der Waals surface area contributed by atoms with Gasteiger partial charge in [-0.05, 0) is 36.1 Å². The van der Waals surface area contributed by atoms with Gasteiger partial charge in [0.1, 0.15) is 11.3 Å². The lowest BCUT2D eigenvalue weighted by molar-refractivity contribution is -0.118. The van der Waals surface area contributed by atoms with Crippen LogP contribution < -0.4 is 15.7 Å². The minimum atomic E-state index is -0.448. The van der Waals surface area contributed by atoms with Crippen molar-refractivity contribution in [3.63, 3.8) is 0 Å². The van der Waals surface area contributed by atoms with Crippen molar-refractivity contribution in [1.29, 1.82) is 0 Å². The number of carbonyl (C=O) groups excluding carboxylic acids is 1. The SMILES string of the molecule is Cc1cc(=O)oc2cc(OCC(=O)Nc3ccccc3C(C)C)c(Cl)cc12. The number of fused-ring (bicyclic) bond motifs is 1. The largest absolute Gasteiger partial charge is 0.482 e. The first kappa shape index (κ1) is 19.0. The summed E-state index contributed by atoms with van der Waals surface area (Å²) in [5.74, 6) is 0.263. The van der Waals surface area contributed by atoms with Gasteiger partial charge in [0.2, 0.25) is 0 Å². The van der Waals surface area contributed by atoms with Crippen molar-refractivity contribution in [3.05, 3.63) is 69.0 Å². The molecule has 6 heteroatoms. The van der Waals surface area contributed by atoms with Crippen LogP contribution in [0.15, 0.2) is 51.7 Å². The fourth-order valence-corrected chi connectivity index (χ4v) is 3.09. The van der Waals surface area contributed by atoms with E-state index in [0.717, 1.165) is 22.2 Å². The molecule has 0 saturated carbocycles. The Labute approximate surface area is 161 Å². The van der Waals surface area contributed by atoms with Crippen LogP contribution in [-0.4, -0.2) is 12.5 Å². The van der Waals surface area contributed by atoms with E-state index in [2.05, 4.69) is 19.2 Å². The van der Waals surface area contributed by atoms with Crippen LogP contribution in [0.4, 0.5) is 5.69 Å². The van der Waals surface area contributed by atoms with Gasteiger partial charge in [0, 0.05) is 23.2 Å². The van der Waals surface area contributed by atoms with E-state index in [-0.39, 0.29) is 24.2 Å². The number of benzene rings is 2. The molecule has 140 valence electrons. The second kappa shape index (κ2) is 7.84. The summed E-state index contributed by atoms with van der Waals surface area (Å²) in [7, 11) is 0. The van der Waals surface area contributed by atoms with Gasteiger partial charge < -0.3 is 14.5 Å². The number of rotatable bonds is 5. The Morgan fingerprint density at radius 2 is 1.96 bits per heavy atom. The average Bonchev–Trinajstić information content (AvgIpc) is 2.61. The molecule has 0 aliphatic heterocycles. The van der Waals surface area contributed by atoms with Gasteiger partial charge in [-0.15, -0.1) is 0 Å². The molecule has 27 heavy (non-hydrogen) atoms. The van der Waals surface area contributed by atoms with Crippen LogP contribution in [0.2, 0.25) is 5.02 Å². The number of ether oxygens (including phenoxy) is 1. The van der Waals surface area contributed by atoms with Crippen molar-refractivity contribution in [2.24, 2.45) is 0 Å². The lowest BCUT2D eigenvalue weighted by Gasteiger charge is -2.14. The van der Waals surface area contributed by atoms with E-state index < -0.39 is 5.63 Å². The number of carbonyl (C=O) groups is 1. The van der Waals surface area contributed by atoms with Crippen molar-refractivity contribution in [2.75, 3.05) is 11.9 Å². The van der Waals surface area contributed by atoms with Gasteiger partial charge in [0.15, 0.2) is 6.61 Å². The van der Waals surface area contributed by atoms with Crippen molar-refractivity contribution < 1.29 is 13.9 Å². The fraction of sp³-hybridized carbons (Fsp3) is 0.238. The van der Waals surface area contributed by atoms with Gasteiger partial charge in [0.05, 0.1) is 5.02 Å². The predicted molar refractivity (Wildman–Crippen MR) is 107 cm³/mol. The maximum absolute atomic E-state index is 12.3. The molecule has 0 saturated heterocycles. The van der Waals surface area contributed by atoms with Crippen LogP contribution in [-0.2, 0) is 4.79 Å². The Bertz CT molecular complexity index is 1060. The first-order valence-corrected chi connectivity index (χ1v) is 8.98. The van der Waals surface area contributed by atoms with Gasteiger partial charge in [-0.1, -0.05) is 43.6 Å². The molecule has 1 N–H and O–H groups in total. The quantitative estimate of drug-likeness (QED) is 0.634. The lowest BCUT2D eigenvalue weighted by Crippen LogP contribution is -2.21. The fourth-order valence-electron chi connectivity index (χ4n) is 2.87. The van der Waals surface area contributed by atoms with E-state index in [9.17, 15) is 9.59 Å². The monoisotopic (exact) mass is 385 g/mol. The van der Waals surface area contributed by atoms with Crippen LogP contribution >= 0.6 is 11.6 Å². The zero-order valence-electron chi connectivity index (χ0n) is 15.3. The molecule has 1 heterocycles. The normalized spacial score (nSPS) is 11.0. The molecular formula is C21H20ClNO4. The molecule has 3 rings (SSSR count). The van der Waals surface area contributed by atoms with Crippen LogP contribution in [0, 0.1) is 6.92 Å². The molecule has 0 spiro atoms. The molecule has 3 aromatic rings. The number of anilines is 1. The number of amides is 1. The summed E-state index contributed by atoms with van der Waals surface area (Å²) < 4.78 is 10.7. The van der Waals surface area contributed by atoms with E-state index in [1.54, 1.807) is 13.0 Å². The number of para-hydroxylation sites is 1. The van der Waals surface area contributed by atoms with Crippen LogP contribution in [0.1, 0.15) is 30.9 Å². The summed E-state index contributed by atoms with van der Waals surface area (Å²) in [4.78, 5) is 23.8. The first-order valence-electron chi connectivity index (χ1n) is 8.60. The van der Waals surface area contributed by atoms with Gasteiger partial charge in [0.25, 0.3) is 5.91 Å². The molecule has 0 fully saturated rings. The molecule has 0 unspecified atom stereocenters. The highest BCUT2D eigenvalue weighted by Gasteiger charge is 2.13. The molecule has 1 aromatic heterocycles. The number of halogens is 1. The Morgan fingerprint density at radius 3 is 2.70 bits per heavy atom. The van der Waals surface area contributed by atoms with Crippen molar-refractivity contribution in [2.45, 2.75) is 26.7 Å². The maximum atomic E-state index is 12.3. The highest BCUT2D eigenvalue weighted by Crippen LogP contribution is 2.31. The summed E-state index contributed by atoms with van der Waals surface area (Å²) in [6.45, 7) is 5.71. The third kappa shape index (κ3) is 4.31. The van der Waals surface area contributed by atoms with Gasteiger partial charge in [-0.25, -0.2) is 4.79 Å². The molecular weight excluding hydrogens is 366 g/mol. The number of hydrogen-bond acceptors (Lipinski definition) is 4. The summed E-state index contributed by atoms with van der Waals surface area (Å²) >= 11 is 6.25. The standard InChI is InChI=1S/C21H20ClNO4/c1-12(2)14-6-4-5-7-17(14)23-20(24)11-26-19-10-18-15(9-16(19)22)13(3)8-21(25)27-18/h4-10,12H,11H2,1-3H3,(H,23,24). The van der Waals surface area contributed by atoms with Gasteiger partial charge in [-0.3, -0.25) is 4.79 Å². The zero-order chi connectivity index (χ0) is 19.6. The molecule has 1 amide bonds. The number of hydrogen-bond donors (Lipinski definition) is 1. The van der Waals surface area contributed by atoms with Crippen molar-refractivity contribution in [1.82, 2.24) is 0 Å². The number of nitrogens with one attached hydrogen (secondary N) is 1. The Kier molecular flexibility index (Phi) is 5.51. The minimum Gasteiger partial charge on any atom is -0.482 e. The second-order valence-electron chi connectivity index (χ2n) is 6.61. The predicted octanol–water partition coefficient (Wildman–Crippen LogP) is 4.90. The summed E-state index contributed by atoms with van der Waals surface area (Å²) in [5, 5.41) is 3.92. The Hall–Kier alpha value is -2.79. The summed E-state index contributed by atoms with van der Waals surface area (Å²) in [6.07, 6.45) is 0. The highest BCUT2D eigenvalue weighted by atomic mass is 35.5. The Balaban J connectivity index is 1.76. The molecule has 0 aliphatic carbocycles. The van der Waals surface area contributed by atoms with E-state index in [4.69, 9.17) is 20.8 Å². The van der Waals surface area contributed by atoms with Crippen molar-refractivity contribution >= 4 is 34.2 Å². The lowest BCUT2D eigenvalue weighted by atomic mass is 10.0. The van der Waals surface area contributed by atoms with Crippen LogP contribution in [0.25, 0.3) is 11.0 Å². The highest BCUT2D eigenvalue weighted by molar-refractivity contribution is 6.32. The van der Waals surface area contributed by atoms with Gasteiger partial charge >= 0.3 is 5.63 Å². The third-order valence-corrected chi connectivity index (χ3v) is 4.51. The third-order valence-electron chi connectivity index (χ3n) is 4.22. The summed E-state index contributed by atoms with van der Waals surface area (Å²) in [5.41, 5.74) is 2.48. The molecule has 0 bridgehead atoms. The van der Waals surface area contributed by atoms with Crippen molar-refractivity contribution in [3.8, 4) is 5.75 Å². The van der Waals surface area contributed by atoms with E-state index in [1.807, 2.05) is 24.3 Å². The summed E-state index contributed by atoms with van der Waals surface area (Å²) in [6, 6.07) is 12.2. The van der Waals surface area contributed by atoms with E-state index >= 15 is 0 Å². The topological polar surface area (TPSA) is 68.5 Å². The first-order chi connectivity index (χ1) is 12.8. The van der Waals surface area contributed by atoms with E-state index in [0.29, 0.717) is 10.6 Å².